The highest BCUT2D eigenvalue weighted by Crippen LogP contribution is 2.49. The molecule has 3 heteroatoms. The van der Waals surface area contributed by atoms with Crippen molar-refractivity contribution in [3.63, 3.8) is 0 Å². The molecule has 0 atom stereocenters. The summed E-state index contributed by atoms with van der Waals surface area (Å²) < 4.78 is 0. The molecular formula is C20H29N3. The fraction of sp³-hybridized carbons (Fsp3) is 0.650. The molecule has 3 fully saturated rings. The van der Waals surface area contributed by atoms with Gasteiger partial charge < -0.3 is 10.2 Å². The Morgan fingerprint density at radius 3 is 2.48 bits per heavy atom. The molecule has 124 valence electrons. The second-order valence-electron chi connectivity index (χ2n) is 8.09. The predicted molar refractivity (Wildman–Crippen MR) is 95.6 cm³/mol. The number of guanidine groups is 1. The molecule has 1 aromatic rings. The summed E-state index contributed by atoms with van der Waals surface area (Å²) in [6, 6.07) is 10.9. The van der Waals surface area contributed by atoms with Gasteiger partial charge >= 0.3 is 0 Å². The van der Waals surface area contributed by atoms with Crippen molar-refractivity contribution in [2.24, 2.45) is 15.8 Å². The number of nitrogens with zero attached hydrogens (tertiary/aromatic N) is 2. The van der Waals surface area contributed by atoms with Crippen molar-refractivity contribution in [1.82, 2.24) is 10.2 Å². The lowest BCUT2D eigenvalue weighted by molar-refractivity contribution is 0.151. The number of hydrogen-bond donors (Lipinski definition) is 1. The summed E-state index contributed by atoms with van der Waals surface area (Å²) in [7, 11) is 1.94. The molecule has 0 radical (unpaired) electrons. The summed E-state index contributed by atoms with van der Waals surface area (Å²) in [4.78, 5) is 7.06. The minimum Gasteiger partial charge on any atom is -0.356 e. The maximum Gasteiger partial charge on any atom is 0.193 e. The van der Waals surface area contributed by atoms with E-state index in [1.807, 2.05) is 7.05 Å². The zero-order chi connectivity index (χ0) is 15.8. The molecule has 3 nitrogen and oxygen atoms in total. The Labute approximate surface area is 140 Å². The summed E-state index contributed by atoms with van der Waals surface area (Å²) >= 11 is 0. The highest BCUT2D eigenvalue weighted by molar-refractivity contribution is 5.80. The lowest BCUT2D eigenvalue weighted by Crippen LogP contribution is -2.44. The lowest BCUT2D eigenvalue weighted by atomic mass is 9.68. The van der Waals surface area contributed by atoms with Gasteiger partial charge in [0, 0.05) is 26.7 Å². The third-order valence-electron chi connectivity index (χ3n) is 6.36. The highest BCUT2D eigenvalue weighted by Gasteiger charge is 2.45. The smallest absolute Gasteiger partial charge is 0.193 e. The standard InChI is InChI=1S/C20H29N3/c1-21-18(23-13-12-19(16-23)8-5-9-19)22-15-20(10-11-20)14-17-6-3-2-4-7-17/h2-4,6-7H,5,8-16H2,1H3,(H,21,22). The largest absolute Gasteiger partial charge is 0.356 e. The Kier molecular flexibility index (Phi) is 3.82. The van der Waals surface area contributed by atoms with Crippen LogP contribution in [0.5, 0.6) is 0 Å². The van der Waals surface area contributed by atoms with Crippen LogP contribution in [0.1, 0.15) is 44.1 Å². The Bertz CT molecular complexity index is 570. The predicted octanol–water partition coefficient (Wildman–Crippen LogP) is 3.46. The van der Waals surface area contributed by atoms with Gasteiger partial charge in [-0.05, 0) is 54.9 Å². The molecule has 1 aromatic carbocycles. The number of nitrogens with one attached hydrogen (secondary N) is 1. The normalized spacial score (nSPS) is 24.6. The average molecular weight is 311 g/mol. The average Bonchev–Trinajstić information content (AvgIpc) is 3.14. The Morgan fingerprint density at radius 2 is 1.91 bits per heavy atom. The summed E-state index contributed by atoms with van der Waals surface area (Å²) in [5, 5.41) is 3.70. The molecule has 2 saturated carbocycles. The molecule has 1 saturated heterocycles. The first-order chi connectivity index (χ1) is 11.2. The van der Waals surface area contributed by atoms with E-state index in [9.17, 15) is 0 Å². The minimum absolute atomic E-state index is 0.463. The first-order valence-electron chi connectivity index (χ1n) is 9.22. The number of likely N-dealkylation sites (tertiary alicyclic amines) is 1. The second-order valence-corrected chi connectivity index (χ2v) is 8.09. The molecule has 0 unspecified atom stereocenters. The van der Waals surface area contributed by atoms with Crippen LogP contribution in [-0.4, -0.2) is 37.5 Å². The van der Waals surface area contributed by atoms with Crippen molar-refractivity contribution in [3.8, 4) is 0 Å². The van der Waals surface area contributed by atoms with Gasteiger partial charge in [-0.15, -0.1) is 0 Å². The molecule has 0 bridgehead atoms. The first kappa shape index (κ1) is 15.0. The quantitative estimate of drug-likeness (QED) is 0.681. The van der Waals surface area contributed by atoms with Crippen LogP contribution in [0.2, 0.25) is 0 Å². The summed E-state index contributed by atoms with van der Waals surface area (Å²) in [5.41, 5.74) is 2.57. The van der Waals surface area contributed by atoms with Crippen molar-refractivity contribution < 1.29 is 0 Å². The van der Waals surface area contributed by atoms with Gasteiger partial charge in [0.15, 0.2) is 5.96 Å². The van der Waals surface area contributed by atoms with E-state index in [0.29, 0.717) is 10.8 Å². The number of aliphatic imine (C=N–C) groups is 1. The van der Waals surface area contributed by atoms with E-state index in [0.717, 1.165) is 12.5 Å². The molecule has 1 heterocycles. The van der Waals surface area contributed by atoms with Gasteiger partial charge in [0.25, 0.3) is 0 Å². The lowest BCUT2D eigenvalue weighted by Gasteiger charge is -2.38. The Hall–Kier alpha value is -1.51. The second kappa shape index (κ2) is 5.85. The van der Waals surface area contributed by atoms with Crippen LogP contribution in [0.15, 0.2) is 35.3 Å². The van der Waals surface area contributed by atoms with Crippen molar-refractivity contribution in [1.29, 1.82) is 0 Å². The molecular weight excluding hydrogens is 282 g/mol. The van der Waals surface area contributed by atoms with Crippen molar-refractivity contribution in [3.05, 3.63) is 35.9 Å². The Morgan fingerprint density at radius 1 is 1.13 bits per heavy atom. The highest BCUT2D eigenvalue weighted by atomic mass is 15.3. The fourth-order valence-electron chi connectivity index (χ4n) is 4.42. The molecule has 3 aliphatic rings. The first-order valence-corrected chi connectivity index (χ1v) is 9.22. The van der Waals surface area contributed by atoms with Gasteiger partial charge in [-0.2, -0.15) is 0 Å². The molecule has 4 rings (SSSR count). The van der Waals surface area contributed by atoms with Gasteiger partial charge in [-0.1, -0.05) is 36.8 Å². The van der Waals surface area contributed by atoms with E-state index in [2.05, 4.69) is 45.5 Å². The van der Waals surface area contributed by atoms with Crippen LogP contribution >= 0.6 is 0 Å². The zero-order valence-corrected chi connectivity index (χ0v) is 14.4. The summed E-state index contributed by atoms with van der Waals surface area (Å²) in [6.45, 7) is 3.47. The number of rotatable bonds is 4. The zero-order valence-electron chi connectivity index (χ0n) is 14.4. The topological polar surface area (TPSA) is 27.6 Å². The van der Waals surface area contributed by atoms with Crippen LogP contribution in [0.3, 0.4) is 0 Å². The van der Waals surface area contributed by atoms with E-state index in [1.165, 1.54) is 63.6 Å². The number of benzene rings is 1. The number of hydrogen-bond acceptors (Lipinski definition) is 1. The molecule has 1 aliphatic heterocycles. The van der Waals surface area contributed by atoms with Crippen LogP contribution in [0.4, 0.5) is 0 Å². The van der Waals surface area contributed by atoms with Gasteiger partial charge in [-0.3, -0.25) is 4.99 Å². The maximum atomic E-state index is 4.56. The minimum atomic E-state index is 0.463. The maximum absolute atomic E-state index is 4.56. The molecule has 23 heavy (non-hydrogen) atoms. The SMILES string of the molecule is CN=C(NCC1(Cc2ccccc2)CC1)N1CCC2(CCC2)C1. The third kappa shape index (κ3) is 3.11. The summed E-state index contributed by atoms with van der Waals surface area (Å²) in [6.07, 6.45) is 9.53. The van der Waals surface area contributed by atoms with Crippen LogP contribution in [0.25, 0.3) is 0 Å². The van der Waals surface area contributed by atoms with E-state index >= 15 is 0 Å². The Balaban J connectivity index is 1.33. The van der Waals surface area contributed by atoms with E-state index < -0.39 is 0 Å². The van der Waals surface area contributed by atoms with Crippen molar-refractivity contribution >= 4 is 5.96 Å². The van der Waals surface area contributed by atoms with Crippen LogP contribution in [0, 0.1) is 10.8 Å². The fourth-order valence-corrected chi connectivity index (χ4v) is 4.42. The van der Waals surface area contributed by atoms with Crippen LogP contribution < -0.4 is 5.32 Å². The third-order valence-corrected chi connectivity index (χ3v) is 6.36. The van der Waals surface area contributed by atoms with Gasteiger partial charge in [0.1, 0.15) is 0 Å². The van der Waals surface area contributed by atoms with Gasteiger partial charge in [0.2, 0.25) is 0 Å². The van der Waals surface area contributed by atoms with Gasteiger partial charge in [0.05, 0.1) is 0 Å². The van der Waals surface area contributed by atoms with E-state index in [1.54, 1.807) is 0 Å². The molecule has 0 aromatic heterocycles. The molecule has 2 aliphatic carbocycles. The van der Waals surface area contributed by atoms with E-state index in [4.69, 9.17) is 0 Å². The summed E-state index contributed by atoms with van der Waals surface area (Å²) in [5.74, 6) is 1.13. The van der Waals surface area contributed by atoms with Crippen LogP contribution in [-0.2, 0) is 6.42 Å². The van der Waals surface area contributed by atoms with Crippen molar-refractivity contribution in [2.75, 3.05) is 26.7 Å². The monoisotopic (exact) mass is 311 g/mol. The van der Waals surface area contributed by atoms with E-state index in [-0.39, 0.29) is 0 Å². The molecule has 0 amide bonds. The van der Waals surface area contributed by atoms with Gasteiger partial charge in [-0.25, -0.2) is 0 Å². The van der Waals surface area contributed by atoms with Crippen molar-refractivity contribution in [2.45, 2.75) is 44.9 Å². The molecule has 1 N–H and O–H groups in total. The molecule has 1 spiro atoms.